The summed E-state index contributed by atoms with van der Waals surface area (Å²) in [5.41, 5.74) is 1.38. The zero-order valence-corrected chi connectivity index (χ0v) is 8.66. The monoisotopic (exact) mass is 239 g/mol. The van der Waals surface area contributed by atoms with Gasteiger partial charge in [0.05, 0.1) is 0 Å². The molecule has 2 N–H and O–H groups in total. The van der Waals surface area contributed by atoms with Gasteiger partial charge in [0.1, 0.15) is 0 Å². The number of rotatable bonds is 3. The molecule has 0 spiro atoms. The number of alkyl halides is 3. The highest BCUT2D eigenvalue weighted by atomic mass is 35.5. The lowest BCUT2D eigenvalue weighted by molar-refractivity contribution is -0.102. The SMILES string of the molecule is CN(C)c1nc(N)nc(OC(F)(F)Cl)n1. The summed E-state index contributed by atoms with van der Waals surface area (Å²) in [6, 6.07) is -0.633. The summed E-state index contributed by atoms with van der Waals surface area (Å²) in [4.78, 5) is 12.0. The van der Waals surface area contributed by atoms with Gasteiger partial charge in [0.2, 0.25) is 11.9 Å². The molecule has 84 valence electrons. The third-order valence-corrected chi connectivity index (χ3v) is 1.30. The number of nitrogen functional groups attached to an aromatic ring is 1. The van der Waals surface area contributed by atoms with Crippen LogP contribution < -0.4 is 15.4 Å². The maximum atomic E-state index is 12.3. The van der Waals surface area contributed by atoms with Crippen molar-refractivity contribution in [3.05, 3.63) is 0 Å². The first-order chi connectivity index (χ1) is 6.78. The van der Waals surface area contributed by atoms with Gasteiger partial charge in [0.25, 0.3) is 0 Å². The molecule has 1 rings (SSSR count). The Labute approximate surface area is 89.0 Å². The smallest absolute Gasteiger partial charge is 0.385 e. The largest absolute Gasteiger partial charge is 0.489 e. The van der Waals surface area contributed by atoms with Crippen molar-refractivity contribution in [1.29, 1.82) is 0 Å². The summed E-state index contributed by atoms with van der Waals surface area (Å²) in [6.45, 7) is 0. The fourth-order valence-electron chi connectivity index (χ4n) is 0.710. The molecular formula is C6H8ClF2N5O. The van der Waals surface area contributed by atoms with Gasteiger partial charge in [0.15, 0.2) is 0 Å². The second-order valence-corrected chi connectivity index (χ2v) is 3.16. The Hall–Kier alpha value is -1.44. The van der Waals surface area contributed by atoms with Gasteiger partial charge in [-0.25, -0.2) is 0 Å². The number of halogens is 3. The number of anilines is 2. The van der Waals surface area contributed by atoms with E-state index in [2.05, 4.69) is 31.3 Å². The van der Waals surface area contributed by atoms with Crippen LogP contribution in [0.15, 0.2) is 0 Å². The molecule has 0 fully saturated rings. The van der Waals surface area contributed by atoms with Crippen LogP contribution in [0.5, 0.6) is 6.01 Å². The van der Waals surface area contributed by atoms with E-state index in [1.807, 2.05) is 0 Å². The maximum Gasteiger partial charge on any atom is 0.489 e. The van der Waals surface area contributed by atoms with E-state index in [-0.39, 0.29) is 11.9 Å². The summed E-state index contributed by atoms with van der Waals surface area (Å²) >= 11 is 4.54. The number of aromatic nitrogens is 3. The van der Waals surface area contributed by atoms with Gasteiger partial charge in [-0.2, -0.15) is 15.0 Å². The van der Waals surface area contributed by atoms with Crippen molar-refractivity contribution >= 4 is 23.5 Å². The lowest BCUT2D eigenvalue weighted by atomic mass is 10.8. The molecule has 0 aliphatic heterocycles. The van der Waals surface area contributed by atoms with E-state index in [4.69, 9.17) is 5.73 Å². The first-order valence-electron chi connectivity index (χ1n) is 3.72. The van der Waals surface area contributed by atoms with Crippen molar-refractivity contribution in [2.75, 3.05) is 24.7 Å². The van der Waals surface area contributed by atoms with Crippen LogP contribution in [0.3, 0.4) is 0 Å². The van der Waals surface area contributed by atoms with E-state index < -0.39 is 11.6 Å². The highest BCUT2D eigenvalue weighted by Gasteiger charge is 2.29. The molecule has 6 nitrogen and oxygen atoms in total. The average molecular weight is 240 g/mol. The lowest BCUT2D eigenvalue weighted by Crippen LogP contribution is -2.20. The Morgan fingerprint density at radius 1 is 1.33 bits per heavy atom. The molecule has 0 aromatic carbocycles. The van der Waals surface area contributed by atoms with Crippen LogP contribution in [0.2, 0.25) is 0 Å². The highest BCUT2D eigenvalue weighted by Crippen LogP contribution is 2.23. The van der Waals surface area contributed by atoms with E-state index in [0.29, 0.717) is 0 Å². The fraction of sp³-hybridized carbons (Fsp3) is 0.500. The Morgan fingerprint density at radius 2 is 1.93 bits per heavy atom. The van der Waals surface area contributed by atoms with Crippen molar-refractivity contribution in [3.8, 4) is 6.01 Å². The summed E-state index contributed by atoms with van der Waals surface area (Å²) in [5.74, 6) is -0.136. The minimum Gasteiger partial charge on any atom is -0.385 e. The molecule has 0 radical (unpaired) electrons. The van der Waals surface area contributed by atoms with Crippen molar-refractivity contribution in [2.24, 2.45) is 0 Å². The molecule has 0 aliphatic rings. The van der Waals surface area contributed by atoms with E-state index in [1.54, 1.807) is 14.1 Å². The van der Waals surface area contributed by atoms with Gasteiger partial charge in [-0.3, -0.25) is 0 Å². The standard InChI is InChI=1S/C6H8ClF2N5O/c1-14(2)4-11-3(10)12-5(13-4)15-6(7,8)9/h1-2H3,(H2,10,11,12,13). The molecule has 9 heteroatoms. The zero-order valence-electron chi connectivity index (χ0n) is 7.91. The molecule has 1 aromatic rings. The van der Waals surface area contributed by atoms with Gasteiger partial charge in [-0.1, -0.05) is 0 Å². The van der Waals surface area contributed by atoms with Crippen LogP contribution in [-0.2, 0) is 0 Å². The minimum atomic E-state index is -3.88. The summed E-state index contributed by atoms with van der Waals surface area (Å²) in [5, 5.41) is 0. The second kappa shape index (κ2) is 3.97. The summed E-state index contributed by atoms with van der Waals surface area (Å²) in [6.07, 6.45) is 0. The Morgan fingerprint density at radius 3 is 2.40 bits per heavy atom. The average Bonchev–Trinajstić information content (AvgIpc) is 1.99. The number of hydrogen-bond donors (Lipinski definition) is 1. The highest BCUT2D eigenvalue weighted by molar-refractivity contribution is 6.20. The van der Waals surface area contributed by atoms with Crippen LogP contribution >= 0.6 is 11.6 Å². The molecule has 0 unspecified atom stereocenters. The third kappa shape index (κ3) is 3.66. The minimum absolute atomic E-state index is 0.0958. The molecular weight excluding hydrogens is 232 g/mol. The first kappa shape index (κ1) is 11.6. The molecule has 0 aliphatic carbocycles. The van der Waals surface area contributed by atoms with Gasteiger partial charge in [0, 0.05) is 25.7 Å². The van der Waals surface area contributed by atoms with E-state index in [9.17, 15) is 8.78 Å². The van der Waals surface area contributed by atoms with Crippen LogP contribution in [0.1, 0.15) is 0 Å². The van der Waals surface area contributed by atoms with Crippen molar-refractivity contribution in [2.45, 2.75) is 5.57 Å². The van der Waals surface area contributed by atoms with E-state index >= 15 is 0 Å². The predicted molar refractivity (Wildman–Crippen MR) is 50.0 cm³/mol. The van der Waals surface area contributed by atoms with Gasteiger partial charge in [-0.15, -0.1) is 8.78 Å². The predicted octanol–water partition coefficient (Wildman–Crippen LogP) is 0.688. The maximum absolute atomic E-state index is 12.3. The van der Waals surface area contributed by atoms with Crippen LogP contribution in [-0.4, -0.2) is 34.6 Å². The number of hydrogen-bond acceptors (Lipinski definition) is 6. The molecule has 0 amide bonds. The normalized spacial score (nSPS) is 11.3. The van der Waals surface area contributed by atoms with Crippen LogP contribution in [0, 0.1) is 0 Å². The molecule has 0 saturated carbocycles. The van der Waals surface area contributed by atoms with Gasteiger partial charge in [-0.05, 0) is 0 Å². The topological polar surface area (TPSA) is 77.2 Å². The van der Waals surface area contributed by atoms with Crippen LogP contribution in [0.25, 0.3) is 0 Å². The molecule has 1 heterocycles. The molecule has 15 heavy (non-hydrogen) atoms. The lowest BCUT2D eigenvalue weighted by Gasteiger charge is -2.12. The van der Waals surface area contributed by atoms with E-state index in [1.165, 1.54) is 4.90 Å². The summed E-state index contributed by atoms with van der Waals surface area (Å²) in [7, 11) is 3.22. The Balaban J connectivity index is 2.99. The van der Waals surface area contributed by atoms with E-state index in [0.717, 1.165) is 0 Å². The summed E-state index contributed by atoms with van der Waals surface area (Å²) < 4.78 is 28.5. The van der Waals surface area contributed by atoms with Gasteiger partial charge < -0.3 is 15.4 Å². The van der Waals surface area contributed by atoms with Crippen molar-refractivity contribution in [3.63, 3.8) is 0 Å². The molecule has 0 atom stereocenters. The quantitative estimate of drug-likeness (QED) is 0.782. The molecule has 0 saturated heterocycles. The second-order valence-electron chi connectivity index (χ2n) is 2.72. The number of nitrogens with two attached hydrogens (primary N) is 1. The molecule has 1 aromatic heterocycles. The third-order valence-electron chi connectivity index (χ3n) is 1.23. The first-order valence-corrected chi connectivity index (χ1v) is 4.10. The van der Waals surface area contributed by atoms with Crippen molar-refractivity contribution in [1.82, 2.24) is 15.0 Å². The fourth-order valence-corrected chi connectivity index (χ4v) is 0.779. The van der Waals surface area contributed by atoms with Crippen LogP contribution in [0.4, 0.5) is 20.7 Å². The zero-order chi connectivity index (χ0) is 11.6. The van der Waals surface area contributed by atoms with Gasteiger partial charge >= 0.3 is 11.6 Å². The Bertz CT molecular complexity index is 356. The molecule has 0 bridgehead atoms. The number of nitrogens with zero attached hydrogens (tertiary/aromatic N) is 4. The van der Waals surface area contributed by atoms with Crippen molar-refractivity contribution < 1.29 is 13.5 Å². The Kier molecular flexibility index (Phi) is 3.08. The number of ether oxygens (including phenoxy) is 1.